The summed E-state index contributed by atoms with van der Waals surface area (Å²) in [5.41, 5.74) is 2.76. The molecule has 0 fully saturated rings. The number of carbonyl (C=O) groups is 3. The zero-order chi connectivity index (χ0) is 28.3. The summed E-state index contributed by atoms with van der Waals surface area (Å²) in [6.07, 6.45) is 4.77. The van der Waals surface area contributed by atoms with Crippen LogP contribution in [0.3, 0.4) is 0 Å². The van der Waals surface area contributed by atoms with Crippen molar-refractivity contribution in [1.29, 1.82) is 0 Å². The molecule has 0 unspecified atom stereocenters. The van der Waals surface area contributed by atoms with Gasteiger partial charge in [-0.1, -0.05) is 54.6 Å². The predicted molar refractivity (Wildman–Crippen MR) is 156 cm³/mol. The molecular formula is C33H28N2O5. The van der Waals surface area contributed by atoms with Gasteiger partial charge in [-0.2, -0.15) is 0 Å². The summed E-state index contributed by atoms with van der Waals surface area (Å²) < 4.78 is 10.7. The average molecular weight is 533 g/mol. The zero-order valence-corrected chi connectivity index (χ0v) is 22.1. The van der Waals surface area contributed by atoms with Crippen LogP contribution in [0.25, 0.3) is 12.2 Å². The number of anilines is 1. The zero-order valence-electron chi connectivity index (χ0n) is 22.1. The number of hydrogen-bond donors (Lipinski definition) is 2. The van der Waals surface area contributed by atoms with Crippen molar-refractivity contribution in [2.24, 2.45) is 0 Å². The first kappa shape index (κ1) is 27.6. The van der Waals surface area contributed by atoms with Crippen molar-refractivity contribution in [3.8, 4) is 11.5 Å². The molecule has 0 radical (unpaired) electrons. The quantitative estimate of drug-likeness (QED) is 0.193. The summed E-state index contributed by atoms with van der Waals surface area (Å²) >= 11 is 0. The van der Waals surface area contributed by atoms with Crippen LogP contribution in [0, 0.1) is 0 Å². The number of ether oxygens (including phenoxy) is 2. The lowest BCUT2D eigenvalue weighted by molar-refractivity contribution is -0.113. The van der Waals surface area contributed by atoms with Gasteiger partial charge in [-0.15, -0.1) is 0 Å². The molecule has 0 bridgehead atoms. The lowest BCUT2D eigenvalue weighted by Crippen LogP contribution is -2.30. The van der Waals surface area contributed by atoms with E-state index in [1.54, 1.807) is 78.9 Å². The van der Waals surface area contributed by atoms with Crippen LogP contribution in [0.15, 0.2) is 115 Å². The lowest BCUT2D eigenvalue weighted by Gasteiger charge is -2.13. The first-order valence-electron chi connectivity index (χ1n) is 12.5. The number of amides is 2. The molecule has 4 aromatic carbocycles. The van der Waals surface area contributed by atoms with Gasteiger partial charge in [-0.25, -0.2) is 0 Å². The maximum Gasteiger partial charge on any atom is 0.272 e. The summed E-state index contributed by atoms with van der Waals surface area (Å²) in [5, 5.41) is 5.49. The first-order valence-corrected chi connectivity index (χ1v) is 12.5. The highest BCUT2D eigenvalue weighted by molar-refractivity contribution is 6.11. The highest BCUT2D eigenvalue weighted by atomic mass is 16.5. The number of methoxy groups -OCH3 is 2. The van der Waals surface area contributed by atoms with E-state index in [1.807, 2.05) is 30.3 Å². The van der Waals surface area contributed by atoms with Gasteiger partial charge >= 0.3 is 0 Å². The smallest absolute Gasteiger partial charge is 0.272 e. The second-order valence-corrected chi connectivity index (χ2v) is 8.63. The predicted octanol–water partition coefficient (Wildman–Crippen LogP) is 6.01. The minimum Gasteiger partial charge on any atom is -0.497 e. The largest absolute Gasteiger partial charge is 0.497 e. The Bertz CT molecular complexity index is 1540. The summed E-state index contributed by atoms with van der Waals surface area (Å²) in [6.45, 7) is 0. The fourth-order valence-electron chi connectivity index (χ4n) is 3.80. The van der Waals surface area contributed by atoms with Crippen molar-refractivity contribution in [1.82, 2.24) is 5.32 Å². The van der Waals surface area contributed by atoms with E-state index in [0.29, 0.717) is 33.9 Å². The Morgan fingerprint density at radius 1 is 0.725 bits per heavy atom. The number of hydrogen-bond acceptors (Lipinski definition) is 5. The van der Waals surface area contributed by atoms with Crippen molar-refractivity contribution in [3.05, 3.63) is 137 Å². The minimum atomic E-state index is -0.558. The van der Waals surface area contributed by atoms with Crippen LogP contribution >= 0.6 is 0 Å². The van der Waals surface area contributed by atoms with Gasteiger partial charge in [-0.3, -0.25) is 14.4 Å². The maximum absolute atomic E-state index is 13.4. The van der Waals surface area contributed by atoms with Crippen molar-refractivity contribution in [2.45, 2.75) is 0 Å². The molecule has 0 aliphatic rings. The normalized spacial score (nSPS) is 11.1. The first-order chi connectivity index (χ1) is 19.5. The summed E-state index contributed by atoms with van der Waals surface area (Å²) in [7, 11) is 3.05. The van der Waals surface area contributed by atoms with E-state index in [0.717, 1.165) is 5.56 Å². The second-order valence-electron chi connectivity index (χ2n) is 8.63. The highest BCUT2D eigenvalue weighted by Gasteiger charge is 2.17. The van der Waals surface area contributed by atoms with E-state index >= 15 is 0 Å². The number of nitrogens with one attached hydrogen (secondary N) is 2. The van der Waals surface area contributed by atoms with Gasteiger partial charge in [-0.05, 0) is 72.3 Å². The molecule has 2 amide bonds. The molecule has 4 aromatic rings. The van der Waals surface area contributed by atoms with Gasteiger partial charge in [0.05, 0.1) is 14.2 Å². The molecule has 0 aliphatic heterocycles. The summed E-state index contributed by atoms with van der Waals surface area (Å²) in [6, 6.07) is 29.8. The molecule has 0 saturated heterocycles. The molecule has 40 heavy (non-hydrogen) atoms. The number of ketones is 1. The lowest BCUT2D eigenvalue weighted by atomic mass is 10.1. The molecule has 0 saturated carbocycles. The van der Waals surface area contributed by atoms with Gasteiger partial charge in [0.2, 0.25) is 0 Å². The second kappa shape index (κ2) is 13.4. The highest BCUT2D eigenvalue weighted by Crippen LogP contribution is 2.26. The monoisotopic (exact) mass is 532 g/mol. The molecule has 7 heteroatoms. The minimum absolute atomic E-state index is 0.00801. The average Bonchev–Trinajstić information content (AvgIpc) is 3.00. The Morgan fingerprint density at radius 2 is 1.40 bits per heavy atom. The van der Waals surface area contributed by atoms with Crippen LogP contribution in [0.2, 0.25) is 0 Å². The number of benzene rings is 4. The third-order valence-electron chi connectivity index (χ3n) is 5.92. The van der Waals surface area contributed by atoms with Crippen molar-refractivity contribution < 1.29 is 23.9 Å². The van der Waals surface area contributed by atoms with Gasteiger partial charge in [0.1, 0.15) is 17.2 Å². The standard InChI is InChI=1S/C33H28N2O5/c1-39-28-18-20-31(40-2)26(21-28)22-29(35-32(37)25-11-7-4-8-12-25)33(38)34-27-16-14-24(15-17-27)30(36)19-13-23-9-5-3-6-10-23/h3-22H,1-2H3,(H,34,38)(H,35,37)/b19-13+,29-22-. The maximum atomic E-state index is 13.4. The van der Waals surface area contributed by atoms with Crippen LogP contribution in [-0.2, 0) is 4.79 Å². The van der Waals surface area contributed by atoms with E-state index in [1.165, 1.54) is 26.4 Å². The molecular weight excluding hydrogens is 504 g/mol. The Kier molecular flexibility index (Phi) is 9.24. The Labute approximate surface area is 232 Å². The Balaban J connectivity index is 1.56. The van der Waals surface area contributed by atoms with Crippen molar-refractivity contribution in [3.63, 3.8) is 0 Å². The molecule has 0 atom stereocenters. The van der Waals surface area contributed by atoms with E-state index < -0.39 is 11.8 Å². The van der Waals surface area contributed by atoms with E-state index in [9.17, 15) is 14.4 Å². The number of rotatable bonds is 10. The van der Waals surface area contributed by atoms with Gasteiger partial charge in [0.25, 0.3) is 11.8 Å². The molecule has 200 valence electrons. The van der Waals surface area contributed by atoms with Gasteiger partial charge in [0.15, 0.2) is 5.78 Å². The van der Waals surface area contributed by atoms with Crippen molar-refractivity contribution >= 4 is 35.4 Å². The molecule has 7 nitrogen and oxygen atoms in total. The third kappa shape index (κ3) is 7.33. The Morgan fingerprint density at radius 3 is 2.05 bits per heavy atom. The van der Waals surface area contributed by atoms with Gasteiger partial charge in [0, 0.05) is 22.4 Å². The Hall–Kier alpha value is -5.43. The summed E-state index contributed by atoms with van der Waals surface area (Å²) in [5.74, 6) is -0.121. The molecule has 0 aliphatic carbocycles. The number of carbonyl (C=O) groups excluding carboxylic acids is 3. The topological polar surface area (TPSA) is 93.7 Å². The van der Waals surface area contributed by atoms with Crippen LogP contribution in [0.4, 0.5) is 5.69 Å². The van der Waals surface area contributed by atoms with Crippen LogP contribution in [0.5, 0.6) is 11.5 Å². The molecule has 0 aromatic heterocycles. The fraction of sp³-hybridized carbons (Fsp3) is 0.0606. The van der Waals surface area contributed by atoms with E-state index in [4.69, 9.17) is 9.47 Å². The third-order valence-corrected chi connectivity index (χ3v) is 5.92. The molecule has 0 spiro atoms. The van der Waals surface area contributed by atoms with E-state index in [2.05, 4.69) is 10.6 Å². The van der Waals surface area contributed by atoms with Crippen LogP contribution in [-0.4, -0.2) is 31.8 Å². The fourth-order valence-corrected chi connectivity index (χ4v) is 3.80. The molecule has 2 N–H and O–H groups in total. The van der Waals surface area contributed by atoms with Gasteiger partial charge < -0.3 is 20.1 Å². The molecule has 0 heterocycles. The van der Waals surface area contributed by atoms with Crippen LogP contribution < -0.4 is 20.1 Å². The SMILES string of the molecule is COc1ccc(OC)c(/C=C(\NC(=O)c2ccccc2)C(=O)Nc2ccc(C(=O)/C=C/c3ccccc3)cc2)c1. The van der Waals surface area contributed by atoms with Crippen molar-refractivity contribution in [2.75, 3.05) is 19.5 Å². The van der Waals surface area contributed by atoms with Crippen LogP contribution in [0.1, 0.15) is 31.8 Å². The van der Waals surface area contributed by atoms with E-state index in [-0.39, 0.29) is 11.5 Å². The summed E-state index contributed by atoms with van der Waals surface area (Å²) in [4.78, 5) is 38.9. The molecule has 4 rings (SSSR count). The number of allylic oxidation sites excluding steroid dienone is 1.